The van der Waals surface area contributed by atoms with E-state index in [4.69, 9.17) is 21.7 Å². The molecule has 1 amide bonds. The van der Waals surface area contributed by atoms with Gasteiger partial charge in [-0.25, -0.2) is 0 Å². The van der Waals surface area contributed by atoms with Gasteiger partial charge in [0.15, 0.2) is 5.11 Å². The average molecular weight is 620 g/mol. The second-order valence-corrected chi connectivity index (χ2v) is 8.72. The second kappa shape index (κ2) is 8.95. The molecule has 0 atom stereocenters. The Morgan fingerprint density at radius 1 is 1.18 bits per heavy atom. The van der Waals surface area contributed by atoms with Crippen LogP contribution < -0.4 is 14.4 Å². The number of rotatable bonds is 5. The Bertz CT molecular complexity index is 961. The molecule has 8 heteroatoms. The lowest BCUT2D eigenvalue weighted by molar-refractivity contribution is -0.114. The number of carbonyl (C=O) groups excluding carboxylic acids is 1. The molecule has 0 aliphatic carbocycles. The maximum Gasteiger partial charge on any atom is 0.281 e. The number of carbonyl (C=O) groups is 1. The Morgan fingerprint density at radius 2 is 1.86 bits per heavy atom. The predicted molar refractivity (Wildman–Crippen MR) is 132 cm³/mol. The van der Waals surface area contributed by atoms with Gasteiger partial charge in [0.2, 0.25) is 0 Å². The van der Waals surface area contributed by atoms with Crippen LogP contribution in [0.2, 0.25) is 0 Å². The number of halogens is 2. The van der Waals surface area contributed by atoms with E-state index in [1.807, 2.05) is 49.4 Å². The topological polar surface area (TPSA) is 42.0 Å². The van der Waals surface area contributed by atoms with Crippen LogP contribution in [0.4, 0.5) is 5.69 Å². The van der Waals surface area contributed by atoms with Gasteiger partial charge in [-0.15, -0.1) is 0 Å². The Balaban J connectivity index is 2.00. The van der Waals surface area contributed by atoms with E-state index in [1.165, 1.54) is 4.90 Å². The number of amides is 1. The van der Waals surface area contributed by atoms with Gasteiger partial charge in [-0.3, -0.25) is 9.69 Å². The molecule has 0 saturated carbocycles. The lowest BCUT2D eigenvalue weighted by Crippen LogP contribution is -2.31. The Labute approximate surface area is 197 Å². The highest BCUT2D eigenvalue weighted by Gasteiger charge is 2.37. The third kappa shape index (κ3) is 4.13. The fourth-order valence-electron chi connectivity index (χ4n) is 2.89. The molecule has 1 aliphatic rings. The van der Waals surface area contributed by atoms with Gasteiger partial charge in [0, 0.05) is 16.2 Å². The summed E-state index contributed by atoms with van der Waals surface area (Å²) >= 11 is 10.0. The summed E-state index contributed by atoms with van der Waals surface area (Å²) < 4.78 is 13.1. The number of nitrogens with zero attached hydrogens (tertiary/aromatic N) is 2. The van der Waals surface area contributed by atoms with Crippen molar-refractivity contribution >= 4 is 80.2 Å². The molecule has 0 aromatic heterocycles. The first-order valence-corrected chi connectivity index (χ1v) is 11.0. The van der Waals surface area contributed by atoms with E-state index in [-0.39, 0.29) is 5.91 Å². The van der Waals surface area contributed by atoms with Crippen molar-refractivity contribution in [3.8, 4) is 11.5 Å². The van der Waals surface area contributed by atoms with Gasteiger partial charge < -0.3 is 14.4 Å². The summed E-state index contributed by atoms with van der Waals surface area (Å²) in [4.78, 5) is 16.4. The first-order valence-electron chi connectivity index (χ1n) is 8.47. The number of thiocarbonyl (C=S) groups is 1. The molecule has 146 valence electrons. The zero-order chi connectivity index (χ0) is 20.4. The quantitative estimate of drug-likeness (QED) is 0.270. The van der Waals surface area contributed by atoms with Gasteiger partial charge in [0.05, 0.1) is 23.0 Å². The van der Waals surface area contributed by atoms with Crippen molar-refractivity contribution in [2.45, 2.75) is 6.92 Å². The van der Waals surface area contributed by atoms with E-state index in [1.54, 1.807) is 19.1 Å². The largest absolute Gasteiger partial charge is 0.495 e. The minimum atomic E-state index is -0.174. The monoisotopic (exact) mass is 620 g/mol. The zero-order valence-electron chi connectivity index (χ0n) is 15.5. The molecule has 1 fully saturated rings. The number of likely N-dealkylation sites (N-methyl/N-ethyl adjacent to an activating group) is 1. The Kier molecular flexibility index (Phi) is 6.81. The molecule has 2 aromatic carbocycles. The molecule has 0 unspecified atom stereocenters. The molecule has 3 rings (SSSR count). The van der Waals surface area contributed by atoms with Gasteiger partial charge in [-0.05, 0) is 107 Å². The molecule has 5 nitrogen and oxygen atoms in total. The molecular weight excluding hydrogens is 602 g/mol. The number of hydrogen-bond donors (Lipinski definition) is 0. The van der Waals surface area contributed by atoms with Crippen LogP contribution in [0.1, 0.15) is 12.5 Å². The van der Waals surface area contributed by atoms with Crippen molar-refractivity contribution in [2.24, 2.45) is 0 Å². The van der Waals surface area contributed by atoms with Crippen molar-refractivity contribution in [1.29, 1.82) is 0 Å². The minimum Gasteiger partial charge on any atom is -0.495 e. The first-order chi connectivity index (χ1) is 13.4. The van der Waals surface area contributed by atoms with Crippen LogP contribution in [0.25, 0.3) is 6.08 Å². The highest BCUT2D eigenvalue weighted by Crippen LogP contribution is 2.33. The third-order valence-corrected chi connectivity index (χ3v) is 6.08. The predicted octanol–water partition coefficient (Wildman–Crippen LogP) is 4.91. The maximum absolute atomic E-state index is 13.2. The summed E-state index contributed by atoms with van der Waals surface area (Å²) in [5.74, 6) is 1.32. The second-order valence-electron chi connectivity index (χ2n) is 5.95. The van der Waals surface area contributed by atoms with E-state index in [9.17, 15) is 4.79 Å². The smallest absolute Gasteiger partial charge is 0.281 e. The van der Waals surface area contributed by atoms with Gasteiger partial charge in [0.1, 0.15) is 17.2 Å². The molecular formula is C20H18I2N2O3S. The molecule has 0 spiro atoms. The summed E-state index contributed by atoms with van der Waals surface area (Å²) in [6.45, 7) is 2.52. The summed E-state index contributed by atoms with van der Waals surface area (Å²) in [5, 5.41) is 0.430. The van der Waals surface area contributed by atoms with Crippen molar-refractivity contribution in [1.82, 2.24) is 4.90 Å². The van der Waals surface area contributed by atoms with E-state index in [0.29, 0.717) is 23.1 Å². The summed E-state index contributed by atoms with van der Waals surface area (Å²) in [5.41, 5.74) is 2.04. The average Bonchev–Trinajstić information content (AvgIpc) is 2.86. The lowest BCUT2D eigenvalue weighted by atomic mass is 10.1. The summed E-state index contributed by atoms with van der Waals surface area (Å²) in [6.07, 6.45) is 1.83. The standard InChI is InChI=1S/C20H18I2N2O3S/c1-4-27-15-7-5-14(6-8-15)24-19(25)17(23(2)20(24)28)10-12-9-13(21)11-16(22)18(12)26-3/h5-11H,4H2,1-3H3/b17-10-. The van der Waals surface area contributed by atoms with Crippen LogP contribution in [0.3, 0.4) is 0 Å². The number of hydrogen-bond acceptors (Lipinski definition) is 4. The maximum atomic E-state index is 13.2. The molecule has 28 heavy (non-hydrogen) atoms. The first kappa shape index (κ1) is 21.3. The van der Waals surface area contributed by atoms with Crippen molar-refractivity contribution < 1.29 is 14.3 Å². The highest BCUT2D eigenvalue weighted by atomic mass is 127. The summed E-state index contributed by atoms with van der Waals surface area (Å²) in [6, 6.07) is 11.3. The molecule has 0 radical (unpaired) electrons. The lowest BCUT2D eigenvalue weighted by Gasteiger charge is -2.16. The van der Waals surface area contributed by atoms with E-state index in [2.05, 4.69) is 45.2 Å². The van der Waals surface area contributed by atoms with E-state index < -0.39 is 0 Å². The van der Waals surface area contributed by atoms with Crippen molar-refractivity contribution in [3.63, 3.8) is 0 Å². The van der Waals surface area contributed by atoms with Crippen LogP contribution >= 0.6 is 57.4 Å². The molecule has 0 N–H and O–H groups in total. The molecule has 1 aliphatic heterocycles. The van der Waals surface area contributed by atoms with Crippen LogP contribution in [-0.2, 0) is 4.79 Å². The van der Waals surface area contributed by atoms with Crippen LogP contribution in [0, 0.1) is 7.14 Å². The van der Waals surface area contributed by atoms with Gasteiger partial charge >= 0.3 is 0 Å². The van der Waals surface area contributed by atoms with Crippen molar-refractivity contribution in [3.05, 3.63) is 54.8 Å². The molecule has 0 bridgehead atoms. The number of anilines is 1. The fourth-order valence-corrected chi connectivity index (χ4v) is 5.29. The van der Waals surface area contributed by atoms with E-state index >= 15 is 0 Å². The molecule has 1 saturated heterocycles. The third-order valence-electron chi connectivity index (χ3n) is 4.20. The SMILES string of the molecule is CCOc1ccc(N2C(=O)/C(=C/c3cc(I)cc(I)c3OC)N(C)C2=S)cc1. The van der Waals surface area contributed by atoms with E-state index in [0.717, 1.165) is 24.2 Å². The molecule has 1 heterocycles. The Morgan fingerprint density at radius 3 is 2.46 bits per heavy atom. The summed E-state index contributed by atoms with van der Waals surface area (Å²) in [7, 11) is 3.43. The highest BCUT2D eigenvalue weighted by molar-refractivity contribution is 14.1. The van der Waals surface area contributed by atoms with Gasteiger partial charge in [0.25, 0.3) is 5.91 Å². The minimum absolute atomic E-state index is 0.174. The normalized spacial score (nSPS) is 15.5. The van der Waals surface area contributed by atoms with Crippen LogP contribution in [0.5, 0.6) is 11.5 Å². The number of methoxy groups -OCH3 is 1. The van der Waals surface area contributed by atoms with Crippen molar-refractivity contribution in [2.75, 3.05) is 25.7 Å². The molecule has 2 aromatic rings. The van der Waals surface area contributed by atoms with Crippen LogP contribution in [0.15, 0.2) is 42.1 Å². The number of benzene rings is 2. The fraction of sp³-hybridized carbons (Fsp3) is 0.200. The number of ether oxygens (including phenoxy) is 2. The Hall–Kier alpha value is -1.40. The van der Waals surface area contributed by atoms with Gasteiger partial charge in [-0.1, -0.05) is 0 Å². The zero-order valence-corrected chi connectivity index (χ0v) is 20.7. The van der Waals surface area contributed by atoms with Gasteiger partial charge in [-0.2, -0.15) is 0 Å². The van der Waals surface area contributed by atoms with Crippen LogP contribution in [-0.4, -0.2) is 36.7 Å².